The molecule has 3 unspecified atom stereocenters. The van der Waals surface area contributed by atoms with Gasteiger partial charge >= 0.3 is 12.0 Å². The zero-order chi connectivity index (χ0) is 35.5. The third-order valence-electron chi connectivity index (χ3n) is 9.79. The van der Waals surface area contributed by atoms with Crippen LogP contribution in [0.1, 0.15) is 107 Å². The number of nitrogens with zero attached hydrogens (tertiary/aromatic N) is 1. The van der Waals surface area contributed by atoms with Crippen molar-refractivity contribution in [3.8, 4) is 0 Å². The molecule has 0 aromatic heterocycles. The molecule has 12 nitrogen and oxygen atoms in total. The van der Waals surface area contributed by atoms with Crippen molar-refractivity contribution in [3.63, 3.8) is 0 Å². The molecule has 2 saturated carbocycles. The van der Waals surface area contributed by atoms with Crippen LogP contribution in [-0.2, 0) is 28.7 Å². The fourth-order valence-electron chi connectivity index (χ4n) is 7.02. The van der Waals surface area contributed by atoms with Crippen LogP contribution in [0.25, 0.3) is 0 Å². The summed E-state index contributed by atoms with van der Waals surface area (Å²) in [5.41, 5.74) is -1.87. The van der Waals surface area contributed by atoms with E-state index in [-0.39, 0.29) is 42.5 Å². The van der Waals surface area contributed by atoms with E-state index in [0.717, 1.165) is 25.7 Å². The van der Waals surface area contributed by atoms with Gasteiger partial charge in [0.2, 0.25) is 17.6 Å². The van der Waals surface area contributed by atoms with Gasteiger partial charge in [-0.15, -0.1) is 6.58 Å². The SMILES string of the molecule is C=CCCC(NC(=O)[C@@H]1C2C(CN1C(=O)[C@@H](NC(=O)NC(C)(C)C)C(C)(C)C)C2(C)C)C(=O)C(=O)NCCC(=O)OC1(C)CCCC1. The van der Waals surface area contributed by atoms with Crippen molar-refractivity contribution in [2.75, 3.05) is 13.1 Å². The Balaban J connectivity index is 1.71. The maximum atomic E-state index is 14.1. The Morgan fingerprint density at radius 3 is 2.15 bits per heavy atom. The summed E-state index contributed by atoms with van der Waals surface area (Å²) in [5.74, 6) is -3.17. The number of amides is 5. The number of ketones is 1. The minimum absolute atomic E-state index is 0.0723. The lowest BCUT2D eigenvalue weighted by molar-refractivity contribution is -0.157. The standard InChI is InChI=1S/C35H57N5O7/c1-11-12-15-22(26(42)29(44)36-19-16-23(41)47-35(10)17-13-14-18-35)37-28(43)25-24-21(34(24,8)9)20-40(25)30(45)27(32(2,3)4)38-31(46)39-33(5,6)7/h11,21-22,24-25,27H,1,12-20H2,2-10H3,(H,36,44)(H,37,43)(H2,38,39,46)/t21?,22?,24?,25-,27+/m0/s1. The predicted molar refractivity (Wildman–Crippen MR) is 178 cm³/mol. The molecule has 0 aromatic rings. The number of hydrogen-bond donors (Lipinski definition) is 4. The van der Waals surface area contributed by atoms with Crippen molar-refractivity contribution >= 4 is 35.5 Å². The first-order chi connectivity index (χ1) is 21.6. The first kappa shape index (κ1) is 38.0. The molecule has 4 N–H and O–H groups in total. The van der Waals surface area contributed by atoms with Crippen LogP contribution in [0.4, 0.5) is 4.79 Å². The van der Waals surface area contributed by atoms with Gasteiger partial charge in [0, 0.05) is 18.6 Å². The average molecular weight is 660 g/mol. The molecule has 1 aliphatic heterocycles. The molecular formula is C35H57N5O7. The summed E-state index contributed by atoms with van der Waals surface area (Å²) in [5, 5.41) is 10.9. The minimum atomic E-state index is -1.16. The Morgan fingerprint density at radius 1 is 0.979 bits per heavy atom. The van der Waals surface area contributed by atoms with Crippen molar-refractivity contribution < 1.29 is 33.5 Å². The molecule has 0 aromatic carbocycles. The van der Waals surface area contributed by atoms with E-state index in [1.807, 2.05) is 62.3 Å². The summed E-state index contributed by atoms with van der Waals surface area (Å²) in [6, 6.07) is -3.45. The number of likely N-dealkylation sites (tertiary alicyclic amines) is 1. The Morgan fingerprint density at radius 2 is 1.60 bits per heavy atom. The Kier molecular flexibility index (Phi) is 11.6. The number of nitrogens with one attached hydrogen (secondary N) is 4. The number of Topliss-reactive ketones (excluding diaryl/α,β-unsaturated/α-hetero) is 1. The monoisotopic (exact) mass is 659 g/mol. The smallest absolute Gasteiger partial charge is 0.315 e. The van der Waals surface area contributed by atoms with Gasteiger partial charge in [0.25, 0.3) is 5.91 Å². The van der Waals surface area contributed by atoms with E-state index < -0.39 is 64.3 Å². The largest absolute Gasteiger partial charge is 0.459 e. The molecule has 47 heavy (non-hydrogen) atoms. The minimum Gasteiger partial charge on any atom is -0.459 e. The Labute approximate surface area is 279 Å². The fourth-order valence-corrected chi connectivity index (χ4v) is 7.02. The lowest BCUT2D eigenvalue weighted by Crippen LogP contribution is -2.62. The highest BCUT2D eigenvalue weighted by atomic mass is 16.6. The second-order valence-electron chi connectivity index (χ2n) is 16.5. The van der Waals surface area contributed by atoms with Crippen molar-refractivity contribution in [2.24, 2.45) is 22.7 Å². The molecule has 12 heteroatoms. The van der Waals surface area contributed by atoms with Crippen molar-refractivity contribution in [1.82, 2.24) is 26.2 Å². The second kappa shape index (κ2) is 14.4. The molecule has 5 amide bonds. The number of hydrogen-bond acceptors (Lipinski definition) is 7. The summed E-state index contributed by atoms with van der Waals surface area (Å²) in [7, 11) is 0. The molecule has 3 fully saturated rings. The maximum Gasteiger partial charge on any atom is 0.315 e. The summed E-state index contributed by atoms with van der Waals surface area (Å²) in [4.78, 5) is 81.0. The highest BCUT2D eigenvalue weighted by molar-refractivity contribution is 6.38. The van der Waals surface area contributed by atoms with Crippen molar-refractivity contribution in [1.29, 1.82) is 0 Å². The van der Waals surface area contributed by atoms with Gasteiger partial charge in [-0.05, 0) is 88.9 Å². The number of carbonyl (C=O) groups is 6. The normalized spacial score (nSPS) is 23.9. The molecule has 264 valence electrons. The number of ether oxygens (including phenoxy) is 1. The average Bonchev–Trinajstić information content (AvgIpc) is 3.30. The second-order valence-corrected chi connectivity index (χ2v) is 16.5. The number of esters is 1. The molecule has 0 spiro atoms. The van der Waals surface area contributed by atoms with E-state index in [0.29, 0.717) is 13.0 Å². The summed E-state index contributed by atoms with van der Waals surface area (Å²) < 4.78 is 5.59. The number of rotatable bonds is 13. The first-order valence-electron chi connectivity index (χ1n) is 17.0. The molecule has 0 bridgehead atoms. The van der Waals surface area contributed by atoms with E-state index in [1.54, 1.807) is 6.08 Å². The molecule has 3 aliphatic rings. The van der Waals surface area contributed by atoms with Crippen molar-refractivity contribution in [3.05, 3.63) is 12.7 Å². The molecule has 1 heterocycles. The van der Waals surface area contributed by atoms with Crippen LogP contribution >= 0.6 is 0 Å². The number of piperidine rings is 1. The first-order valence-corrected chi connectivity index (χ1v) is 17.0. The van der Waals surface area contributed by atoms with Gasteiger partial charge in [-0.1, -0.05) is 40.7 Å². The van der Waals surface area contributed by atoms with E-state index in [1.165, 1.54) is 4.90 Å². The maximum absolute atomic E-state index is 14.1. The van der Waals surface area contributed by atoms with Gasteiger partial charge in [-0.25, -0.2) is 4.79 Å². The van der Waals surface area contributed by atoms with Gasteiger partial charge in [0.15, 0.2) is 0 Å². The lowest BCUT2D eigenvalue weighted by atomic mass is 9.85. The highest BCUT2D eigenvalue weighted by Crippen LogP contribution is 2.65. The number of carbonyl (C=O) groups excluding carboxylic acids is 6. The quantitative estimate of drug-likeness (QED) is 0.134. The predicted octanol–water partition coefficient (Wildman–Crippen LogP) is 3.38. The summed E-state index contributed by atoms with van der Waals surface area (Å²) in [6.07, 6.45) is 5.62. The van der Waals surface area contributed by atoms with Crippen LogP contribution in [0.5, 0.6) is 0 Å². The van der Waals surface area contributed by atoms with Gasteiger partial charge in [0.05, 0.1) is 12.5 Å². The summed E-state index contributed by atoms with van der Waals surface area (Å²) in [6.45, 7) is 21.0. The van der Waals surface area contributed by atoms with Crippen LogP contribution in [0.3, 0.4) is 0 Å². The third-order valence-corrected chi connectivity index (χ3v) is 9.79. The fraction of sp³-hybridized carbons (Fsp3) is 0.771. The highest BCUT2D eigenvalue weighted by Gasteiger charge is 2.70. The van der Waals surface area contributed by atoms with Gasteiger partial charge < -0.3 is 30.9 Å². The molecule has 5 atom stereocenters. The zero-order valence-electron chi connectivity index (χ0n) is 29.8. The topological polar surface area (TPSA) is 163 Å². The van der Waals surface area contributed by atoms with Gasteiger partial charge in [0.1, 0.15) is 17.7 Å². The third kappa shape index (κ3) is 9.56. The molecule has 0 radical (unpaired) electrons. The van der Waals surface area contributed by atoms with E-state index in [2.05, 4.69) is 27.8 Å². The number of fused-ring (bicyclic) bond motifs is 1. The Hall–Kier alpha value is -3.44. The van der Waals surface area contributed by atoms with Crippen LogP contribution in [0.2, 0.25) is 0 Å². The molecule has 3 rings (SSSR count). The van der Waals surface area contributed by atoms with E-state index in [4.69, 9.17) is 4.74 Å². The summed E-state index contributed by atoms with van der Waals surface area (Å²) >= 11 is 0. The van der Waals surface area contributed by atoms with Gasteiger partial charge in [-0.3, -0.25) is 24.0 Å². The van der Waals surface area contributed by atoms with Crippen LogP contribution in [-0.4, -0.2) is 82.8 Å². The Bertz CT molecular complexity index is 1240. The van der Waals surface area contributed by atoms with Crippen molar-refractivity contribution in [2.45, 2.75) is 137 Å². The van der Waals surface area contributed by atoms with Crippen LogP contribution < -0.4 is 21.3 Å². The van der Waals surface area contributed by atoms with E-state index >= 15 is 0 Å². The number of allylic oxidation sites excluding steroid dienone is 1. The van der Waals surface area contributed by atoms with Gasteiger partial charge in [-0.2, -0.15) is 0 Å². The number of urea groups is 1. The van der Waals surface area contributed by atoms with Crippen LogP contribution in [0, 0.1) is 22.7 Å². The zero-order valence-corrected chi connectivity index (χ0v) is 29.8. The van der Waals surface area contributed by atoms with E-state index in [9.17, 15) is 28.8 Å². The van der Waals surface area contributed by atoms with Crippen LogP contribution in [0.15, 0.2) is 12.7 Å². The molecule has 2 aliphatic carbocycles. The lowest BCUT2D eigenvalue weighted by Gasteiger charge is -2.38. The molecular weight excluding hydrogens is 602 g/mol. The molecule has 1 saturated heterocycles.